The Morgan fingerprint density at radius 1 is 1.32 bits per heavy atom. The average molecular weight is 335 g/mol. The summed E-state index contributed by atoms with van der Waals surface area (Å²) in [5.74, 6) is -8.14. The summed E-state index contributed by atoms with van der Waals surface area (Å²) >= 11 is -1.62. The van der Waals surface area contributed by atoms with Crippen molar-refractivity contribution >= 4 is 23.0 Å². The minimum absolute atomic E-state index is 0.0786. The highest BCUT2D eigenvalue weighted by Crippen LogP contribution is 2.31. The van der Waals surface area contributed by atoms with E-state index in [0.717, 1.165) is 6.07 Å². The van der Waals surface area contributed by atoms with Crippen molar-refractivity contribution in [3.63, 3.8) is 0 Å². The summed E-state index contributed by atoms with van der Waals surface area (Å²) in [6, 6.07) is 2.62. The standard InChI is InChI=1S/C14H16F3NO3S/c1-8(18-22(21)13(2,3)4)9-5-6-11(15)10(7-9)14(16,17)12(19)20/h5-7H,1-4H3,(H,19,20)/b18-8-. The Morgan fingerprint density at radius 2 is 1.86 bits per heavy atom. The zero-order valence-electron chi connectivity index (χ0n) is 12.5. The molecular weight excluding hydrogens is 319 g/mol. The van der Waals surface area contributed by atoms with Gasteiger partial charge in [-0.05, 0) is 39.8 Å². The fourth-order valence-electron chi connectivity index (χ4n) is 1.42. The lowest BCUT2D eigenvalue weighted by Gasteiger charge is -2.19. The van der Waals surface area contributed by atoms with E-state index in [1.165, 1.54) is 13.0 Å². The predicted molar refractivity (Wildman–Crippen MR) is 78.0 cm³/mol. The van der Waals surface area contributed by atoms with Crippen molar-refractivity contribution in [3.8, 4) is 0 Å². The van der Waals surface area contributed by atoms with Crippen LogP contribution < -0.4 is 0 Å². The van der Waals surface area contributed by atoms with E-state index in [4.69, 9.17) is 5.11 Å². The first-order valence-corrected chi connectivity index (χ1v) is 7.37. The van der Waals surface area contributed by atoms with E-state index in [-0.39, 0.29) is 11.3 Å². The summed E-state index contributed by atoms with van der Waals surface area (Å²) in [4.78, 5) is 10.6. The molecule has 0 aliphatic carbocycles. The highest BCUT2D eigenvalue weighted by atomic mass is 32.2. The predicted octanol–water partition coefficient (Wildman–Crippen LogP) is 3.27. The zero-order chi connectivity index (χ0) is 17.3. The lowest BCUT2D eigenvalue weighted by Crippen LogP contribution is -2.28. The minimum atomic E-state index is -4.36. The molecule has 1 aromatic rings. The van der Waals surface area contributed by atoms with Crippen LogP contribution in [-0.2, 0) is 22.1 Å². The van der Waals surface area contributed by atoms with Gasteiger partial charge >= 0.3 is 11.9 Å². The molecule has 0 heterocycles. The number of hydrogen-bond acceptors (Lipinski definition) is 3. The van der Waals surface area contributed by atoms with Gasteiger partial charge in [-0.2, -0.15) is 8.78 Å². The Labute approximate surface area is 129 Å². The molecule has 0 aromatic heterocycles. The van der Waals surface area contributed by atoms with Gasteiger partial charge in [0.15, 0.2) is 0 Å². The molecule has 0 aliphatic heterocycles. The van der Waals surface area contributed by atoms with E-state index in [2.05, 4.69) is 4.40 Å². The maximum atomic E-state index is 13.5. The molecule has 22 heavy (non-hydrogen) atoms. The second-order valence-electron chi connectivity index (χ2n) is 5.61. The number of nitrogens with zero attached hydrogens (tertiary/aromatic N) is 1. The number of carbonyl (C=O) groups is 1. The summed E-state index contributed by atoms with van der Waals surface area (Å²) in [6.07, 6.45) is 0. The van der Waals surface area contributed by atoms with Crippen LogP contribution in [0.1, 0.15) is 38.8 Å². The number of halogens is 3. The van der Waals surface area contributed by atoms with Crippen LogP contribution in [0.4, 0.5) is 13.2 Å². The molecule has 122 valence electrons. The summed E-state index contributed by atoms with van der Waals surface area (Å²) in [7, 11) is 0. The Bertz CT molecular complexity index is 612. The highest BCUT2D eigenvalue weighted by molar-refractivity contribution is 7.91. The van der Waals surface area contributed by atoms with Gasteiger partial charge in [-0.1, -0.05) is 10.5 Å². The Hall–Kier alpha value is -1.54. The Morgan fingerprint density at radius 3 is 2.32 bits per heavy atom. The van der Waals surface area contributed by atoms with Crippen molar-refractivity contribution in [2.75, 3.05) is 0 Å². The van der Waals surface area contributed by atoms with E-state index in [1.54, 1.807) is 20.8 Å². The Kier molecular flexibility index (Phi) is 5.30. The van der Waals surface area contributed by atoms with Gasteiger partial charge in [-0.25, -0.2) is 9.18 Å². The van der Waals surface area contributed by atoms with Gasteiger partial charge in [-0.3, -0.25) is 0 Å². The molecule has 1 unspecified atom stereocenters. The molecule has 1 aromatic carbocycles. The maximum absolute atomic E-state index is 13.5. The monoisotopic (exact) mass is 335 g/mol. The van der Waals surface area contributed by atoms with Crippen LogP contribution in [0.3, 0.4) is 0 Å². The van der Waals surface area contributed by atoms with E-state index < -0.39 is 39.4 Å². The number of rotatable bonds is 4. The molecular formula is C14H16F3NO3S. The number of carboxylic acids is 1. The van der Waals surface area contributed by atoms with Crippen LogP contribution >= 0.6 is 0 Å². The van der Waals surface area contributed by atoms with Crippen LogP contribution in [0.25, 0.3) is 0 Å². The molecule has 0 radical (unpaired) electrons. The lowest BCUT2D eigenvalue weighted by atomic mass is 10.0. The fourth-order valence-corrected chi connectivity index (χ4v) is 2.05. The number of alkyl halides is 2. The van der Waals surface area contributed by atoms with Gasteiger partial charge in [-0.15, -0.1) is 0 Å². The van der Waals surface area contributed by atoms with Crippen molar-refractivity contribution in [1.82, 2.24) is 0 Å². The van der Waals surface area contributed by atoms with Crippen molar-refractivity contribution in [1.29, 1.82) is 0 Å². The maximum Gasteiger partial charge on any atom is 0.379 e. The molecule has 0 aliphatic rings. The first-order valence-electron chi connectivity index (χ1n) is 6.26. The van der Waals surface area contributed by atoms with E-state index in [1.807, 2.05) is 0 Å². The number of benzene rings is 1. The number of aliphatic carboxylic acids is 1. The van der Waals surface area contributed by atoms with Crippen molar-refractivity contribution in [2.24, 2.45) is 4.40 Å². The third-order valence-electron chi connectivity index (χ3n) is 2.73. The molecule has 8 heteroatoms. The summed E-state index contributed by atoms with van der Waals surface area (Å²) < 4.78 is 55.6. The highest BCUT2D eigenvalue weighted by Gasteiger charge is 2.43. The molecule has 0 spiro atoms. The van der Waals surface area contributed by atoms with Crippen LogP contribution in [0.2, 0.25) is 0 Å². The van der Waals surface area contributed by atoms with Gasteiger partial charge in [0.05, 0.1) is 11.3 Å². The van der Waals surface area contributed by atoms with Crippen LogP contribution in [0.15, 0.2) is 22.6 Å². The normalized spacial score (nSPS) is 14.8. The number of hydrogen-bond donors (Lipinski definition) is 1. The first kappa shape index (κ1) is 18.5. The zero-order valence-corrected chi connectivity index (χ0v) is 13.3. The second-order valence-corrected chi connectivity index (χ2v) is 7.52. The quantitative estimate of drug-likeness (QED) is 0.678. The summed E-state index contributed by atoms with van der Waals surface area (Å²) in [6.45, 7) is 6.50. The average Bonchev–Trinajstić information content (AvgIpc) is 2.37. The van der Waals surface area contributed by atoms with E-state index in [9.17, 15) is 22.5 Å². The smallest absolute Gasteiger partial charge is 0.379 e. The van der Waals surface area contributed by atoms with Gasteiger partial charge in [0.25, 0.3) is 0 Å². The van der Waals surface area contributed by atoms with E-state index in [0.29, 0.717) is 6.07 Å². The van der Waals surface area contributed by atoms with Crippen molar-refractivity contribution < 1.29 is 27.6 Å². The summed E-state index contributed by atoms with van der Waals surface area (Å²) in [5, 5.41) is 8.51. The first-order chi connectivity index (χ1) is 9.87. The van der Waals surface area contributed by atoms with Gasteiger partial charge in [0.2, 0.25) is 0 Å². The lowest BCUT2D eigenvalue weighted by molar-refractivity contribution is -0.166. The molecule has 0 fully saturated rings. The molecule has 1 atom stereocenters. The minimum Gasteiger partial charge on any atom is -0.591 e. The van der Waals surface area contributed by atoms with Crippen molar-refractivity contribution in [3.05, 3.63) is 35.1 Å². The molecule has 0 saturated carbocycles. The topological polar surface area (TPSA) is 72.7 Å². The van der Waals surface area contributed by atoms with Crippen LogP contribution in [0.5, 0.6) is 0 Å². The molecule has 0 amide bonds. The largest absolute Gasteiger partial charge is 0.591 e. The Balaban J connectivity index is 3.30. The van der Waals surface area contributed by atoms with Gasteiger partial charge in [0.1, 0.15) is 21.9 Å². The third kappa shape index (κ3) is 4.01. The molecule has 1 N–H and O–H groups in total. The SMILES string of the molecule is C/C(=N/[S+]([O-])C(C)(C)C)c1ccc(F)c(C(F)(F)C(=O)O)c1. The second kappa shape index (κ2) is 6.29. The fraction of sp³-hybridized carbons (Fsp3) is 0.429. The third-order valence-corrected chi connectivity index (χ3v) is 4.22. The van der Waals surface area contributed by atoms with Gasteiger partial charge < -0.3 is 9.66 Å². The molecule has 1 rings (SSSR count). The molecule has 4 nitrogen and oxygen atoms in total. The molecule has 0 bridgehead atoms. The van der Waals surface area contributed by atoms with E-state index >= 15 is 0 Å². The number of carboxylic acid groups (broad SMARTS) is 1. The summed E-state index contributed by atoms with van der Waals surface area (Å²) in [5.41, 5.74) is -1.03. The van der Waals surface area contributed by atoms with Crippen LogP contribution in [0, 0.1) is 5.82 Å². The van der Waals surface area contributed by atoms with Crippen LogP contribution in [-0.4, -0.2) is 26.1 Å². The van der Waals surface area contributed by atoms with Gasteiger partial charge in [0, 0.05) is 5.56 Å². The van der Waals surface area contributed by atoms with Crippen molar-refractivity contribution in [2.45, 2.75) is 38.4 Å². The molecule has 0 saturated heterocycles.